The summed E-state index contributed by atoms with van der Waals surface area (Å²) in [5.41, 5.74) is 3.48. The van der Waals surface area contributed by atoms with E-state index in [0.29, 0.717) is 0 Å². The van der Waals surface area contributed by atoms with Crippen LogP contribution in [-0.4, -0.2) is 30.9 Å². The Balaban J connectivity index is 2.73. The molecular formula is C13H20N2O. The van der Waals surface area contributed by atoms with E-state index in [2.05, 4.69) is 31.3 Å². The average molecular weight is 220 g/mol. The summed E-state index contributed by atoms with van der Waals surface area (Å²) in [4.78, 5) is 13.3. The third-order valence-corrected chi connectivity index (χ3v) is 2.70. The SMILES string of the molecule is Cc1ccc(NC(C)C(=O)N(C)C)cc1C. The molecule has 1 amide bonds. The highest BCUT2D eigenvalue weighted by Gasteiger charge is 2.14. The lowest BCUT2D eigenvalue weighted by atomic mass is 10.1. The highest BCUT2D eigenvalue weighted by Crippen LogP contribution is 2.15. The zero-order chi connectivity index (χ0) is 12.3. The standard InChI is InChI=1S/C13H20N2O/c1-9-6-7-12(8-10(9)2)14-11(3)13(16)15(4)5/h6-8,11,14H,1-5H3. The number of nitrogens with zero attached hydrogens (tertiary/aromatic N) is 1. The van der Waals surface area contributed by atoms with Crippen LogP contribution >= 0.6 is 0 Å². The summed E-state index contributed by atoms with van der Waals surface area (Å²) in [6, 6.07) is 5.93. The minimum Gasteiger partial charge on any atom is -0.374 e. The lowest BCUT2D eigenvalue weighted by molar-refractivity contribution is -0.129. The molecule has 0 heterocycles. The van der Waals surface area contributed by atoms with Gasteiger partial charge in [0.2, 0.25) is 5.91 Å². The smallest absolute Gasteiger partial charge is 0.244 e. The Morgan fingerprint density at radius 3 is 2.38 bits per heavy atom. The number of hydrogen-bond donors (Lipinski definition) is 1. The lowest BCUT2D eigenvalue weighted by Gasteiger charge is -2.19. The Kier molecular flexibility index (Phi) is 3.93. The molecule has 88 valence electrons. The second kappa shape index (κ2) is 5.01. The fourth-order valence-corrected chi connectivity index (χ4v) is 1.53. The normalized spacial score (nSPS) is 12.1. The van der Waals surface area contributed by atoms with Crippen LogP contribution in [0.1, 0.15) is 18.1 Å². The molecule has 0 fully saturated rings. The molecule has 0 bridgehead atoms. The van der Waals surface area contributed by atoms with E-state index < -0.39 is 0 Å². The van der Waals surface area contributed by atoms with Crippen LogP contribution in [0.5, 0.6) is 0 Å². The first-order chi connectivity index (χ1) is 7.41. The Hall–Kier alpha value is -1.51. The van der Waals surface area contributed by atoms with Gasteiger partial charge in [-0.1, -0.05) is 6.07 Å². The Labute approximate surface area is 97.5 Å². The summed E-state index contributed by atoms with van der Waals surface area (Å²) in [6.07, 6.45) is 0. The van der Waals surface area contributed by atoms with Crippen LogP contribution < -0.4 is 5.32 Å². The summed E-state index contributed by atoms with van der Waals surface area (Å²) in [5, 5.41) is 3.20. The Morgan fingerprint density at radius 1 is 1.25 bits per heavy atom. The second-order valence-electron chi connectivity index (χ2n) is 4.40. The van der Waals surface area contributed by atoms with Gasteiger partial charge in [-0.2, -0.15) is 0 Å². The summed E-state index contributed by atoms with van der Waals surface area (Å²) in [6.45, 7) is 6.02. The highest BCUT2D eigenvalue weighted by atomic mass is 16.2. The maximum Gasteiger partial charge on any atom is 0.244 e. The van der Waals surface area contributed by atoms with E-state index in [4.69, 9.17) is 0 Å². The van der Waals surface area contributed by atoms with E-state index in [-0.39, 0.29) is 11.9 Å². The quantitative estimate of drug-likeness (QED) is 0.847. The van der Waals surface area contributed by atoms with Gasteiger partial charge in [-0.05, 0) is 44.0 Å². The zero-order valence-electron chi connectivity index (χ0n) is 10.7. The van der Waals surface area contributed by atoms with Crippen molar-refractivity contribution >= 4 is 11.6 Å². The van der Waals surface area contributed by atoms with Crippen LogP contribution in [0.15, 0.2) is 18.2 Å². The number of hydrogen-bond acceptors (Lipinski definition) is 2. The van der Waals surface area contributed by atoms with Crippen molar-refractivity contribution in [3.63, 3.8) is 0 Å². The molecule has 1 aromatic rings. The number of rotatable bonds is 3. The van der Waals surface area contributed by atoms with Crippen molar-refractivity contribution in [2.24, 2.45) is 0 Å². The summed E-state index contributed by atoms with van der Waals surface area (Å²) in [7, 11) is 3.53. The van der Waals surface area contributed by atoms with Crippen molar-refractivity contribution in [1.29, 1.82) is 0 Å². The van der Waals surface area contributed by atoms with Crippen molar-refractivity contribution in [3.8, 4) is 0 Å². The van der Waals surface area contributed by atoms with Crippen molar-refractivity contribution in [3.05, 3.63) is 29.3 Å². The first-order valence-corrected chi connectivity index (χ1v) is 5.46. The molecule has 1 N–H and O–H groups in total. The molecule has 0 saturated carbocycles. The number of aryl methyl sites for hydroxylation is 2. The first-order valence-electron chi connectivity index (χ1n) is 5.46. The number of benzene rings is 1. The minimum absolute atomic E-state index is 0.0817. The summed E-state index contributed by atoms with van der Waals surface area (Å²) >= 11 is 0. The lowest BCUT2D eigenvalue weighted by Crippen LogP contribution is -2.36. The summed E-state index contributed by atoms with van der Waals surface area (Å²) in [5.74, 6) is 0.0817. The van der Waals surface area contributed by atoms with Gasteiger partial charge in [0.15, 0.2) is 0 Å². The van der Waals surface area contributed by atoms with Gasteiger partial charge in [-0.15, -0.1) is 0 Å². The number of anilines is 1. The van der Waals surface area contributed by atoms with Crippen LogP contribution in [-0.2, 0) is 4.79 Å². The number of carbonyl (C=O) groups excluding carboxylic acids is 1. The van der Waals surface area contributed by atoms with Gasteiger partial charge in [-0.25, -0.2) is 0 Å². The molecule has 3 nitrogen and oxygen atoms in total. The van der Waals surface area contributed by atoms with Gasteiger partial charge in [0.1, 0.15) is 6.04 Å². The molecule has 0 radical (unpaired) electrons. The van der Waals surface area contributed by atoms with Gasteiger partial charge < -0.3 is 10.2 Å². The van der Waals surface area contributed by atoms with Crippen molar-refractivity contribution in [2.45, 2.75) is 26.8 Å². The molecule has 0 aromatic heterocycles. The van der Waals surface area contributed by atoms with Gasteiger partial charge in [0.05, 0.1) is 0 Å². The molecule has 0 aliphatic heterocycles. The third kappa shape index (κ3) is 2.99. The maximum atomic E-state index is 11.7. The van der Waals surface area contributed by atoms with Gasteiger partial charge >= 0.3 is 0 Å². The van der Waals surface area contributed by atoms with Crippen LogP contribution in [0.4, 0.5) is 5.69 Å². The van der Waals surface area contributed by atoms with E-state index in [1.807, 2.05) is 13.0 Å². The Morgan fingerprint density at radius 2 is 1.88 bits per heavy atom. The third-order valence-electron chi connectivity index (χ3n) is 2.70. The molecule has 1 atom stereocenters. The van der Waals surface area contributed by atoms with E-state index in [1.165, 1.54) is 11.1 Å². The largest absolute Gasteiger partial charge is 0.374 e. The molecule has 1 unspecified atom stereocenters. The van der Waals surface area contributed by atoms with Gasteiger partial charge in [-0.3, -0.25) is 4.79 Å². The zero-order valence-corrected chi connectivity index (χ0v) is 10.7. The molecule has 0 aliphatic carbocycles. The van der Waals surface area contributed by atoms with Crippen molar-refractivity contribution in [1.82, 2.24) is 4.90 Å². The maximum absolute atomic E-state index is 11.7. The van der Waals surface area contributed by atoms with Crippen LogP contribution in [0.25, 0.3) is 0 Å². The molecule has 1 rings (SSSR count). The Bertz CT molecular complexity index is 386. The van der Waals surface area contributed by atoms with E-state index in [9.17, 15) is 4.79 Å². The molecule has 16 heavy (non-hydrogen) atoms. The molecule has 3 heteroatoms. The average Bonchev–Trinajstić information content (AvgIpc) is 2.22. The van der Waals surface area contributed by atoms with Crippen LogP contribution in [0.2, 0.25) is 0 Å². The van der Waals surface area contributed by atoms with Crippen LogP contribution in [0, 0.1) is 13.8 Å². The monoisotopic (exact) mass is 220 g/mol. The van der Waals surface area contributed by atoms with Gasteiger partial charge in [0.25, 0.3) is 0 Å². The fourth-order valence-electron chi connectivity index (χ4n) is 1.53. The first kappa shape index (κ1) is 12.6. The predicted molar refractivity (Wildman–Crippen MR) is 67.7 cm³/mol. The number of likely N-dealkylation sites (N-methyl/N-ethyl adjacent to an activating group) is 1. The summed E-state index contributed by atoms with van der Waals surface area (Å²) < 4.78 is 0. The van der Waals surface area contributed by atoms with Crippen molar-refractivity contribution < 1.29 is 4.79 Å². The number of amides is 1. The van der Waals surface area contributed by atoms with Crippen LogP contribution in [0.3, 0.4) is 0 Å². The molecular weight excluding hydrogens is 200 g/mol. The van der Waals surface area contributed by atoms with Crippen molar-refractivity contribution in [2.75, 3.05) is 19.4 Å². The molecule has 0 aliphatic rings. The predicted octanol–water partition coefficient (Wildman–Crippen LogP) is 2.19. The molecule has 1 aromatic carbocycles. The number of nitrogens with one attached hydrogen (secondary N) is 1. The number of carbonyl (C=O) groups is 1. The second-order valence-corrected chi connectivity index (χ2v) is 4.40. The van der Waals surface area contributed by atoms with Gasteiger partial charge in [0, 0.05) is 19.8 Å². The minimum atomic E-state index is -0.197. The molecule has 0 saturated heterocycles. The van der Waals surface area contributed by atoms with E-state index >= 15 is 0 Å². The van der Waals surface area contributed by atoms with E-state index in [1.54, 1.807) is 19.0 Å². The topological polar surface area (TPSA) is 32.3 Å². The van der Waals surface area contributed by atoms with E-state index in [0.717, 1.165) is 5.69 Å². The fraction of sp³-hybridized carbons (Fsp3) is 0.462. The highest BCUT2D eigenvalue weighted by molar-refractivity contribution is 5.83. The molecule has 0 spiro atoms.